The maximum atomic E-state index is 12.1. The number of aryl methyl sites for hydroxylation is 2. The summed E-state index contributed by atoms with van der Waals surface area (Å²) in [5.41, 5.74) is 1.45. The smallest absolute Gasteiger partial charge is 0.330 e. The summed E-state index contributed by atoms with van der Waals surface area (Å²) >= 11 is 0. The van der Waals surface area contributed by atoms with E-state index in [9.17, 15) is 14.7 Å². The van der Waals surface area contributed by atoms with E-state index in [0.29, 0.717) is 16.8 Å². The van der Waals surface area contributed by atoms with E-state index in [4.69, 9.17) is 0 Å². The Kier molecular flexibility index (Phi) is 3.84. The number of amides is 1. The minimum Gasteiger partial charge on any atom is -0.479 e. The van der Waals surface area contributed by atoms with Gasteiger partial charge in [-0.2, -0.15) is 5.10 Å². The lowest BCUT2D eigenvalue weighted by Gasteiger charge is -2.14. The molecule has 0 aliphatic heterocycles. The zero-order chi connectivity index (χ0) is 14.7. The number of benzene rings is 1. The fourth-order valence-corrected chi connectivity index (χ4v) is 1.96. The molecule has 104 valence electrons. The van der Waals surface area contributed by atoms with Gasteiger partial charge in [0.25, 0.3) is 5.91 Å². The van der Waals surface area contributed by atoms with E-state index >= 15 is 0 Å². The molecule has 2 rings (SSSR count). The predicted octanol–water partition coefficient (Wildman–Crippen LogP) is 1.28. The van der Waals surface area contributed by atoms with Crippen molar-refractivity contribution in [3.05, 3.63) is 53.3 Å². The number of hydrogen-bond acceptors (Lipinski definition) is 3. The number of carbonyl (C=O) groups excluding carboxylic acids is 1. The van der Waals surface area contributed by atoms with Crippen LogP contribution in [0.15, 0.2) is 36.5 Å². The molecule has 0 aliphatic carbocycles. The van der Waals surface area contributed by atoms with Crippen LogP contribution < -0.4 is 5.32 Å². The first-order valence-corrected chi connectivity index (χ1v) is 6.08. The van der Waals surface area contributed by atoms with Gasteiger partial charge in [-0.25, -0.2) is 4.79 Å². The Morgan fingerprint density at radius 2 is 1.95 bits per heavy atom. The number of carboxylic acid groups (broad SMARTS) is 1. The van der Waals surface area contributed by atoms with Gasteiger partial charge in [0.05, 0.1) is 11.3 Å². The highest BCUT2D eigenvalue weighted by Gasteiger charge is 2.23. The van der Waals surface area contributed by atoms with E-state index in [2.05, 4.69) is 10.4 Å². The molecule has 20 heavy (non-hydrogen) atoms. The SMILES string of the molecule is Cc1nn(C)cc1C(=O)N[C@@H](C(=O)O)c1ccccc1. The second-order valence-corrected chi connectivity index (χ2v) is 4.46. The van der Waals surface area contributed by atoms with Gasteiger partial charge in [-0.15, -0.1) is 0 Å². The largest absolute Gasteiger partial charge is 0.479 e. The summed E-state index contributed by atoms with van der Waals surface area (Å²) in [4.78, 5) is 23.5. The van der Waals surface area contributed by atoms with Gasteiger partial charge < -0.3 is 10.4 Å². The van der Waals surface area contributed by atoms with Crippen LogP contribution in [0.25, 0.3) is 0 Å². The van der Waals surface area contributed by atoms with Crippen LogP contribution in [0.3, 0.4) is 0 Å². The Bertz CT molecular complexity index is 634. The van der Waals surface area contributed by atoms with Gasteiger partial charge in [-0.05, 0) is 12.5 Å². The average Bonchev–Trinajstić information content (AvgIpc) is 2.75. The molecule has 0 saturated heterocycles. The summed E-state index contributed by atoms with van der Waals surface area (Å²) in [5.74, 6) is -1.56. The van der Waals surface area contributed by atoms with Crippen LogP contribution in [0.4, 0.5) is 0 Å². The second-order valence-electron chi connectivity index (χ2n) is 4.46. The quantitative estimate of drug-likeness (QED) is 0.879. The van der Waals surface area contributed by atoms with E-state index in [-0.39, 0.29) is 0 Å². The standard InChI is InChI=1S/C14H15N3O3/c1-9-11(8-17(2)16-9)13(18)15-12(14(19)20)10-6-4-3-5-7-10/h3-8,12H,1-2H3,(H,15,18)(H,19,20)/t12-/m1/s1. The van der Waals surface area contributed by atoms with E-state index in [0.717, 1.165) is 0 Å². The molecule has 1 atom stereocenters. The molecule has 0 unspecified atom stereocenters. The first-order chi connectivity index (χ1) is 9.49. The van der Waals surface area contributed by atoms with Gasteiger partial charge in [0.15, 0.2) is 6.04 Å². The van der Waals surface area contributed by atoms with E-state index in [1.165, 1.54) is 4.68 Å². The Morgan fingerprint density at radius 1 is 1.30 bits per heavy atom. The number of carboxylic acids is 1. The van der Waals surface area contributed by atoms with Crippen molar-refractivity contribution in [2.75, 3.05) is 0 Å². The van der Waals surface area contributed by atoms with Crippen LogP contribution in [0, 0.1) is 6.92 Å². The van der Waals surface area contributed by atoms with Crippen molar-refractivity contribution in [2.45, 2.75) is 13.0 Å². The Balaban J connectivity index is 2.23. The van der Waals surface area contributed by atoms with Gasteiger partial charge >= 0.3 is 5.97 Å². The zero-order valence-corrected chi connectivity index (χ0v) is 11.2. The number of nitrogens with one attached hydrogen (secondary N) is 1. The Labute approximate surface area is 116 Å². The number of rotatable bonds is 4. The molecule has 6 heteroatoms. The van der Waals surface area contributed by atoms with E-state index in [1.54, 1.807) is 50.5 Å². The summed E-state index contributed by atoms with van der Waals surface area (Å²) in [6.45, 7) is 1.70. The lowest BCUT2D eigenvalue weighted by molar-refractivity contribution is -0.139. The van der Waals surface area contributed by atoms with Crippen molar-refractivity contribution >= 4 is 11.9 Å². The second kappa shape index (κ2) is 5.56. The summed E-state index contributed by atoms with van der Waals surface area (Å²) in [7, 11) is 1.70. The van der Waals surface area contributed by atoms with Gasteiger partial charge in [-0.3, -0.25) is 9.48 Å². The number of nitrogens with zero attached hydrogens (tertiary/aromatic N) is 2. The lowest BCUT2D eigenvalue weighted by Crippen LogP contribution is -2.33. The molecule has 0 spiro atoms. The van der Waals surface area contributed by atoms with Crippen molar-refractivity contribution < 1.29 is 14.7 Å². The Morgan fingerprint density at radius 3 is 2.45 bits per heavy atom. The third-order valence-electron chi connectivity index (χ3n) is 2.91. The van der Waals surface area contributed by atoms with E-state index in [1.807, 2.05) is 0 Å². The van der Waals surface area contributed by atoms with Gasteiger partial charge in [0.1, 0.15) is 0 Å². The molecule has 2 aromatic rings. The summed E-state index contributed by atoms with van der Waals surface area (Å²) in [6, 6.07) is 7.49. The van der Waals surface area contributed by atoms with Crippen molar-refractivity contribution in [3.8, 4) is 0 Å². The molecule has 1 heterocycles. The monoisotopic (exact) mass is 273 g/mol. The number of carbonyl (C=O) groups is 2. The van der Waals surface area contributed by atoms with Gasteiger partial charge in [0, 0.05) is 13.2 Å². The van der Waals surface area contributed by atoms with Crippen LogP contribution >= 0.6 is 0 Å². The molecule has 0 fully saturated rings. The summed E-state index contributed by atoms with van der Waals surface area (Å²) in [5, 5.41) is 15.8. The molecule has 0 bridgehead atoms. The molecular weight excluding hydrogens is 258 g/mol. The fraction of sp³-hybridized carbons (Fsp3) is 0.214. The minimum absolute atomic E-state index is 0.370. The van der Waals surface area contributed by atoms with Crippen LogP contribution in [0.1, 0.15) is 27.7 Å². The van der Waals surface area contributed by atoms with Crippen LogP contribution in [-0.4, -0.2) is 26.8 Å². The number of hydrogen-bond donors (Lipinski definition) is 2. The fourth-order valence-electron chi connectivity index (χ4n) is 1.96. The van der Waals surface area contributed by atoms with Gasteiger partial charge in [-0.1, -0.05) is 30.3 Å². The highest BCUT2D eigenvalue weighted by molar-refractivity contribution is 5.97. The molecule has 1 aromatic carbocycles. The van der Waals surface area contributed by atoms with Gasteiger partial charge in [0.2, 0.25) is 0 Å². The molecule has 2 N–H and O–H groups in total. The topological polar surface area (TPSA) is 84.2 Å². The predicted molar refractivity (Wildman–Crippen MR) is 72.2 cm³/mol. The summed E-state index contributed by atoms with van der Waals surface area (Å²) in [6.07, 6.45) is 1.56. The maximum Gasteiger partial charge on any atom is 0.330 e. The minimum atomic E-state index is -1.11. The van der Waals surface area contributed by atoms with Crippen LogP contribution in [0.2, 0.25) is 0 Å². The van der Waals surface area contributed by atoms with Crippen molar-refractivity contribution in [2.24, 2.45) is 7.05 Å². The molecule has 6 nitrogen and oxygen atoms in total. The summed E-state index contributed by atoms with van der Waals surface area (Å²) < 4.78 is 1.52. The molecule has 0 radical (unpaired) electrons. The van der Waals surface area contributed by atoms with Crippen molar-refractivity contribution in [1.29, 1.82) is 0 Å². The van der Waals surface area contributed by atoms with Crippen molar-refractivity contribution in [1.82, 2.24) is 15.1 Å². The average molecular weight is 273 g/mol. The molecule has 1 amide bonds. The molecule has 0 saturated carbocycles. The molecule has 1 aromatic heterocycles. The highest BCUT2D eigenvalue weighted by Crippen LogP contribution is 2.14. The number of aliphatic carboxylic acids is 1. The third-order valence-corrected chi connectivity index (χ3v) is 2.91. The maximum absolute atomic E-state index is 12.1. The third kappa shape index (κ3) is 2.85. The first kappa shape index (κ1) is 13.8. The normalized spacial score (nSPS) is 11.9. The van der Waals surface area contributed by atoms with Crippen LogP contribution in [-0.2, 0) is 11.8 Å². The molecular formula is C14H15N3O3. The van der Waals surface area contributed by atoms with E-state index < -0.39 is 17.9 Å². The highest BCUT2D eigenvalue weighted by atomic mass is 16.4. The number of aromatic nitrogens is 2. The molecule has 0 aliphatic rings. The zero-order valence-electron chi connectivity index (χ0n) is 11.2. The lowest BCUT2D eigenvalue weighted by atomic mass is 10.1. The van der Waals surface area contributed by atoms with Crippen molar-refractivity contribution in [3.63, 3.8) is 0 Å². The van der Waals surface area contributed by atoms with Crippen LogP contribution in [0.5, 0.6) is 0 Å². The Hall–Kier alpha value is -2.63. The first-order valence-electron chi connectivity index (χ1n) is 6.08.